The SMILES string of the molecule is O=C(c1ccc(-c2ccccc2)cc1)c1ccncn1. The van der Waals surface area contributed by atoms with Crippen molar-refractivity contribution in [1.29, 1.82) is 0 Å². The van der Waals surface area contributed by atoms with E-state index in [2.05, 4.69) is 9.97 Å². The summed E-state index contributed by atoms with van der Waals surface area (Å²) in [7, 11) is 0. The standard InChI is InChI=1S/C17H12N2O/c20-17(16-10-11-18-12-19-16)15-8-6-14(7-9-15)13-4-2-1-3-5-13/h1-12H. The van der Waals surface area contributed by atoms with E-state index in [1.54, 1.807) is 12.3 Å². The Morgan fingerprint density at radius 2 is 1.50 bits per heavy atom. The lowest BCUT2D eigenvalue weighted by Crippen LogP contribution is -2.03. The highest BCUT2D eigenvalue weighted by atomic mass is 16.1. The summed E-state index contributed by atoms with van der Waals surface area (Å²) in [4.78, 5) is 20.0. The lowest BCUT2D eigenvalue weighted by atomic mass is 10.0. The minimum absolute atomic E-state index is 0.0907. The first-order chi connectivity index (χ1) is 9.84. The molecule has 0 unspecified atom stereocenters. The molecule has 0 atom stereocenters. The van der Waals surface area contributed by atoms with Gasteiger partial charge in [0.25, 0.3) is 0 Å². The van der Waals surface area contributed by atoms with Gasteiger partial charge in [0.05, 0.1) is 0 Å². The lowest BCUT2D eigenvalue weighted by molar-refractivity contribution is 0.103. The van der Waals surface area contributed by atoms with Gasteiger partial charge in [0.2, 0.25) is 5.78 Å². The van der Waals surface area contributed by atoms with Gasteiger partial charge < -0.3 is 0 Å². The number of nitrogens with zero attached hydrogens (tertiary/aromatic N) is 2. The van der Waals surface area contributed by atoms with Crippen molar-refractivity contribution in [1.82, 2.24) is 9.97 Å². The summed E-state index contributed by atoms with van der Waals surface area (Å²) >= 11 is 0. The fraction of sp³-hybridized carbons (Fsp3) is 0. The molecule has 1 heterocycles. The second-order valence-electron chi connectivity index (χ2n) is 4.37. The summed E-state index contributed by atoms with van der Waals surface area (Å²) in [6, 6.07) is 19.2. The largest absolute Gasteiger partial charge is 0.287 e. The molecular weight excluding hydrogens is 248 g/mol. The van der Waals surface area contributed by atoms with E-state index in [4.69, 9.17) is 0 Å². The van der Waals surface area contributed by atoms with Gasteiger partial charge in [-0.15, -0.1) is 0 Å². The molecule has 3 nitrogen and oxygen atoms in total. The maximum Gasteiger partial charge on any atom is 0.211 e. The number of hydrogen-bond donors (Lipinski definition) is 0. The van der Waals surface area contributed by atoms with Crippen LogP contribution in [0.3, 0.4) is 0 Å². The number of rotatable bonds is 3. The zero-order valence-corrected chi connectivity index (χ0v) is 10.7. The molecule has 2 aromatic carbocycles. The molecule has 0 N–H and O–H groups in total. The summed E-state index contributed by atoms with van der Waals surface area (Å²) in [5.41, 5.74) is 3.26. The van der Waals surface area contributed by atoms with Gasteiger partial charge in [0, 0.05) is 11.8 Å². The molecule has 1 aromatic heterocycles. The van der Waals surface area contributed by atoms with Crippen molar-refractivity contribution < 1.29 is 4.79 Å². The van der Waals surface area contributed by atoms with Crippen LogP contribution in [0.15, 0.2) is 73.2 Å². The lowest BCUT2D eigenvalue weighted by Gasteiger charge is -2.03. The van der Waals surface area contributed by atoms with Crippen molar-refractivity contribution >= 4 is 5.78 Å². The van der Waals surface area contributed by atoms with E-state index in [1.807, 2.05) is 54.6 Å². The maximum atomic E-state index is 12.2. The monoisotopic (exact) mass is 260 g/mol. The molecule has 96 valence electrons. The third kappa shape index (κ3) is 2.47. The number of carbonyl (C=O) groups is 1. The van der Waals surface area contributed by atoms with Crippen molar-refractivity contribution in [2.24, 2.45) is 0 Å². The molecule has 3 rings (SSSR count). The van der Waals surface area contributed by atoms with Gasteiger partial charge in [-0.05, 0) is 17.2 Å². The Hall–Kier alpha value is -2.81. The Bertz CT molecular complexity index is 707. The van der Waals surface area contributed by atoms with Crippen LogP contribution in [0.4, 0.5) is 0 Å². The minimum atomic E-state index is -0.0907. The zero-order valence-electron chi connectivity index (χ0n) is 10.7. The molecule has 0 saturated carbocycles. The smallest absolute Gasteiger partial charge is 0.211 e. The van der Waals surface area contributed by atoms with Crippen LogP contribution >= 0.6 is 0 Å². The van der Waals surface area contributed by atoms with E-state index >= 15 is 0 Å². The molecule has 0 aliphatic rings. The molecule has 0 amide bonds. The fourth-order valence-electron chi connectivity index (χ4n) is 2.02. The number of hydrogen-bond acceptors (Lipinski definition) is 3. The van der Waals surface area contributed by atoms with E-state index < -0.39 is 0 Å². The number of carbonyl (C=O) groups excluding carboxylic acids is 1. The van der Waals surface area contributed by atoms with Crippen molar-refractivity contribution in [3.8, 4) is 11.1 Å². The van der Waals surface area contributed by atoms with Crippen LogP contribution in [0.1, 0.15) is 16.1 Å². The fourth-order valence-corrected chi connectivity index (χ4v) is 2.02. The van der Waals surface area contributed by atoms with E-state index in [9.17, 15) is 4.79 Å². The molecule has 0 fully saturated rings. The van der Waals surface area contributed by atoms with E-state index in [0.717, 1.165) is 11.1 Å². The van der Waals surface area contributed by atoms with Crippen LogP contribution in [-0.2, 0) is 0 Å². The Balaban J connectivity index is 1.89. The average Bonchev–Trinajstić information content (AvgIpc) is 2.56. The van der Waals surface area contributed by atoms with Gasteiger partial charge in [0.1, 0.15) is 12.0 Å². The molecule has 0 radical (unpaired) electrons. The average molecular weight is 260 g/mol. The third-order valence-corrected chi connectivity index (χ3v) is 3.07. The van der Waals surface area contributed by atoms with E-state index in [1.165, 1.54) is 6.33 Å². The zero-order chi connectivity index (χ0) is 13.8. The van der Waals surface area contributed by atoms with Crippen LogP contribution in [0.2, 0.25) is 0 Å². The van der Waals surface area contributed by atoms with Gasteiger partial charge in [-0.1, -0.05) is 54.6 Å². The Kier molecular flexibility index (Phi) is 3.33. The minimum Gasteiger partial charge on any atom is -0.287 e. The highest BCUT2D eigenvalue weighted by Crippen LogP contribution is 2.20. The third-order valence-electron chi connectivity index (χ3n) is 3.07. The normalized spacial score (nSPS) is 10.2. The van der Waals surface area contributed by atoms with E-state index in [-0.39, 0.29) is 5.78 Å². The molecule has 3 heteroatoms. The second-order valence-corrected chi connectivity index (χ2v) is 4.37. The summed E-state index contributed by atoms with van der Waals surface area (Å²) in [6.45, 7) is 0. The summed E-state index contributed by atoms with van der Waals surface area (Å²) in [5.74, 6) is -0.0907. The molecule has 20 heavy (non-hydrogen) atoms. The van der Waals surface area contributed by atoms with Gasteiger partial charge in [-0.25, -0.2) is 9.97 Å². The topological polar surface area (TPSA) is 42.9 Å². The van der Waals surface area contributed by atoms with Gasteiger partial charge in [-0.3, -0.25) is 4.79 Å². The Labute approximate surface area is 117 Å². The molecule has 0 aliphatic heterocycles. The van der Waals surface area contributed by atoms with Crippen molar-refractivity contribution in [2.45, 2.75) is 0 Å². The first kappa shape index (κ1) is 12.2. The Morgan fingerprint density at radius 3 is 2.15 bits per heavy atom. The first-order valence-electron chi connectivity index (χ1n) is 6.31. The number of benzene rings is 2. The summed E-state index contributed by atoms with van der Waals surface area (Å²) in [5, 5.41) is 0. The Morgan fingerprint density at radius 1 is 0.800 bits per heavy atom. The molecule has 0 spiro atoms. The molecule has 0 bridgehead atoms. The van der Waals surface area contributed by atoms with E-state index in [0.29, 0.717) is 11.3 Å². The summed E-state index contributed by atoms with van der Waals surface area (Å²) < 4.78 is 0. The van der Waals surface area contributed by atoms with Crippen LogP contribution in [0.25, 0.3) is 11.1 Å². The van der Waals surface area contributed by atoms with Crippen LogP contribution in [0, 0.1) is 0 Å². The highest BCUT2D eigenvalue weighted by molar-refractivity contribution is 6.07. The maximum absolute atomic E-state index is 12.2. The number of ketones is 1. The molecule has 0 aliphatic carbocycles. The van der Waals surface area contributed by atoms with Gasteiger partial charge >= 0.3 is 0 Å². The van der Waals surface area contributed by atoms with Crippen LogP contribution < -0.4 is 0 Å². The van der Waals surface area contributed by atoms with Gasteiger partial charge in [-0.2, -0.15) is 0 Å². The molecular formula is C17H12N2O. The van der Waals surface area contributed by atoms with Gasteiger partial charge in [0.15, 0.2) is 0 Å². The summed E-state index contributed by atoms with van der Waals surface area (Å²) in [6.07, 6.45) is 2.95. The highest BCUT2D eigenvalue weighted by Gasteiger charge is 2.09. The number of aromatic nitrogens is 2. The van der Waals surface area contributed by atoms with Crippen molar-refractivity contribution in [2.75, 3.05) is 0 Å². The quantitative estimate of drug-likeness (QED) is 0.678. The molecule has 0 saturated heterocycles. The predicted octanol–water partition coefficient (Wildman–Crippen LogP) is 3.37. The van der Waals surface area contributed by atoms with Crippen molar-refractivity contribution in [3.05, 3.63) is 84.4 Å². The first-order valence-corrected chi connectivity index (χ1v) is 6.31. The molecule has 3 aromatic rings. The second kappa shape index (κ2) is 5.45. The van der Waals surface area contributed by atoms with Crippen LogP contribution in [0.5, 0.6) is 0 Å². The van der Waals surface area contributed by atoms with Crippen LogP contribution in [-0.4, -0.2) is 15.8 Å². The predicted molar refractivity (Wildman–Crippen MR) is 77.3 cm³/mol. The van der Waals surface area contributed by atoms with Crippen molar-refractivity contribution in [3.63, 3.8) is 0 Å².